The van der Waals surface area contributed by atoms with Crippen LogP contribution in [0.15, 0.2) is 0 Å². The normalized spacial score (nSPS) is 21.8. The Balaban J connectivity index is 0.000000255. The molecule has 0 radical (unpaired) electrons. The van der Waals surface area contributed by atoms with Crippen LogP contribution in [0, 0.1) is 11.8 Å². The molecule has 0 aromatic heterocycles. The smallest absolute Gasteiger partial charge is 0.133 e. The van der Waals surface area contributed by atoms with Gasteiger partial charge in [0.2, 0.25) is 0 Å². The lowest BCUT2D eigenvalue weighted by Gasteiger charge is -2.14. The zero-order chi connectivity index (χ0) is 11.0. The largest absolute Gasteiger partial charge is 0.300 e. The van der Waals surface area contributed by atoms with Gasteiger partial charge in [0, 0.05) is 12.8 Å². The van der Waals surface area contributed by atoms with E-state index in [0.717, 1.165) is 25.2 Å². The van der Waals surface area contributed by atoms with Crippen LogP contribution < -0.4 is 0 Å². The van der Waals surface area contributed by atoms with E-state index in [1.807, 2.05) is 0 Å². The molecule has 1 saturated carbocycles. The summed E-state index contributed by atoms with van der Waals surface area (Å²) in [5.74, 6) is 2.06. The highest BCUT2D eigenvalue weighted by Gasteiger charge is 2.14. The molecule has 0 aliphatic heterocycles. The molecule has 1 unspecified atom stereocenters. The predicted octanol–water partition coefficient (Wildman–Crippen LogP) is 4.21. The van der Waals surface area contributed by atoms with Crippen molar-refractivity contribution in [2.45, 2.75) is 66.2 Å². The first-order valence-corrected chi connectivity index (χ1v) is 6.11. The molecular weight excluding hydrogens is 172 g/mol. The Bertz CT molecular complexity index is 147. The van der Waals surface area contributed by atoms with Gasteiger partial charge in [-0.3, -0.25) is 4.79 Å². The fourth-order valence-electron chi connectivity index (χ4n) is 1.53. The summed E-state index contributed by atoms with van der Waals surface area (Å²) in [5, 5.41) is 0. The van der Waals surface area contributed by atoms with Gasteiger partial charge in [-0.15, -0.1) is 0 Å². The molecule has 1 atom stereocenters. The summed E-state index contributed by atoms with van der Waals surface area (Å²) < 4.78 is 0. The first-order chi connectivity index (χ1) is 6.60. The zero-order valence-electron chi connectivity index (χ0n) is 10.3. The standard InChI is InChI=1S/C7H12O.C6H14/c1-6-3-2-4-7(8)5-6;1-4-6(3)5-2/h6H,2-5H2,1H3;6H,4-5H2,1-3H3. The van der Waals surface area contributed by atoms with Crippen molar-refractivity contribution in [1.82, 2.24) is 0 Å². The van der Waals surface area contributed by atoms with Gasteiger partial charge in [-0.25, -0.2) is 0 Å². The van der Waals surface area contributed by atoms with Crippen LogP contribution >= 0.6 is 0 Å². The van der Waals surface area contributed by atoms with Crippen molar-refractivity contribution in [2.75, 3.05) is 0 Å². The molecule has 0 bridgehead atoms. The third kappa shape index (κ3) is 7.11. The molecule has 1 aliphatic rings. The number of rotatable bonds is 2. The van der Waals surface area contributed by atoms with Crippen LogP contribution in [0.4, 0.5) is 0 Å². The summed E-state index contributed by atoms with van der Waals surface area (Å²) in [4.78, 5) is 10.7. The minimum atomic E-state index is 0.462. The highest BCUT2D eigenvalue weighted by molar-refractivity contribution is 5.79. The lowest BCUT2D eigenvalue weighted by Crippen LogP contribution is -2.11. The van der Waals surface area contributed by atoms with Gasteiger partial charge in [-0.1, -0.05) is 40.5 Å². The maximum Gasteiger partial charge on any atom is 0.133 e. The van der Waals surface area contributed by atoms with Crippen molar-refractivity contribution < 1.29 is 4.79 Å². The van der Waals surface area contributed by atoms with Gasteiger partial charge >= 0.3 is 0 Å². The first kappa shape index (κ1) is 13.7. The maximum atomic E-state index is 10.7. The SMILES string of the molecule is CC1CCCC(=O)C1.CCC(C)CC. The maximum absolute atomic E-state index is 10.7. The third-order valence-electron chi connectivity index (χ3n) is 3.12. The van der Waals surface area contributed by atoms with E-state index in [1.54, 1.807) is 0 Å². The predicted molar refractivity (Wildman–Crippen MR) is 62.4 cm³/mol. The Labute approximate surface area is 89.3 Å². The van der Waals surface area contributed by atoms with Crippen LogP contribution in [0.1, 0.15) is 66.2 Å². The molecule has 0 aromatic carbocycles. The van der Waals surface area contributed by atoms with Crippen LogP contribution in [-0.2, 0) is 4.79 Å². The highest BCUT2D eigenvalue weighted by atomic mass is 16.1. The van der Waals surface area contributed by atoms with E-state index in [-0.39, 0.29) is 0 Å². The summed E-state index contributed by atoms with van der Waals surface area (Å²) >= 11 is 0. The van der Waals surface area contributed by atoms with Gasteiger partial charge in [0.05, 0.1) is 0 Å². The van der Waals surface area contributed by atoms with Gasteiger partial charge in [0.15, 0.2) is 0 Å². The zero-order valence-corrected chi connectivity index (χ0v) is 10.3. The van der Waals surface area contributed by atoms with Gasteiger partial charge in [0.1, 0.15) is 5.78 Å². The molecule has 1 heteroatoms. The molecule has 0 spiro atoms. The number of ketones is 1. The summed E-state index contributed by atoms with van der Waals surface area (Å²) in [6.45, 7) is 8.89. The molecule has 1 rings (SSSR count). The average molecular weight is 198 g/mol. The van der Waals surface area contributed by atoms with Crippen molar-refractivity contribution in [3.63, 3.8) is 0 Å². The van der Waals surface area contributed by atoms with E-state index in [1.165, 1.54) is 19.3 Å². The monoisotopic (exact) mass is 198 g/mol. The molecule has 0 amide bonds. The van der Waals surface area contributed by atoms with Crippen molar-refractivity contribution in [3.05, 3.63) is 0 Å². The van der Waals surface area contributed by atoms with Crippen molar-refractivity contribution >= 4 is 5.78 Å². The van der Waals surface area contributed by atoms with Crippen LogP contribution in [0.3, 0.4) is 0 Å². The second kappa shape index (κ2) is 8.02. The fourth-order valence-corrected chi connectivity index (χ4v) is 1.53. The quantitative estimate of drug-likeness (QED) is 0.649. The van der Waals surface area contributed by atoms with Crippen LogP contribution in [0.2, 0.25) is 0 Å². The Kier molecular flexibility index (Phi) is 7.83. The minimum Gasteiger partial charge on any atom is -0.300 e. The number of Topliss-reactive ketones (excluding diaryl/α,β-unsaturated/α-hetero) is 1. The van der Waals surface area contributed by atoms with Crippen LogP contribution in [-0.4, -0.2) is 5.78 Å². The van der Waals surface area contributed by atoms with Crippen molar-refractivity contribution in [3.8, 4) is 0 Å². The molecule has 0 saturated heterocycles. The lowest BCUT2D eigenvalue weighted by atomic mass is 9.90. The first-order valence-electron chi connectivity index (χ1n) is 6.11. The van der Waals surface area contributed by atoms with Gasteiger partial charge in [0.25, 0.3) is 0 Å². The molecule has 0 aromatic rings. The van der Waals surface area contributed by atoms with Crippen molar-refractivity contribution in [2.24, 2.45) is 11.8 Å². The molecule has 84 valence electrons. The molecular formula is C13H26O. The molecule has 1 nitrogen and oxygen atoms in total. The summed E-state index contributed by atoms with van der Waals surface area (Å²) in [6, 6.07) is 0. The van der Waals surface area contributed by atoms with Gasteiger partial charge in [-0.05, 0) is 24.7 Å². The Morgan fingerprint density at radius 2 is 1.93 bits per heavy atom. The van der Waals surface area contributed by atoms with E-state index >= 15 is 0 Å². The number of carbonyl (C=O) groups is 1. The number of carbonyl (C=O) groups excluding carboxylic acids is 1. The van der Waals surface area contributed by atoms with Crippen LogP contribution in [0.5, 0.6) is 0 Å². The summed E-state index contributed by atoms with van der Waals surface area (Å²) in [5.41, 5.74) is 0. The molecule has 0 N–H and O–H groups in total. The lowest BCUT2D eigenvalue weighted by molar-refractivity contribution is -0.121. The Morgan fingerprint density at radius 1 is 1.36 bits per heavy atom. The Morgan fingerprint density at radius 3 is 2.14 bits per heavy atom. The topological polar surface area (TPSA) is 17.1 Å². The molecule has 14 heavy (non-hydrogen) atoms. The third-order valence-corrected chi connectivity index (χ3v) is 3.12. The average Bonchev–Trinajstić information content (AvgIpc) is 2.17. The van der Waals surface area contributed by atoms with Gasteiger partial charge < -0.3 is 0 Å². The van der Waals surface area contributed by atoms with E-state index in [9.17, 15) is 4.79 Å². The Hall–Kier alpha value is -0.330. The molecule has 1 fully saturated rings. The van der Waals surface area contributed by atoms with E-state index in [0.29, 0.717) is 11.7 Å². The summed E-state index contributed by atoms with van der Waals surface area (Å²) in [7, 11) is 0. The van der Waals surface area contributed by atoms with E-state index in [4.69, 9.17) is 0 Å². The second-order valence-corrected chi connectivity index (χ2v) is 4.66. The van der Waals surface area contributed by atoms with Gasteiger partial charge in [-0.2, -0.15) is 0 Å². The van der Waals surface area contributed by atoms with E-state index < -0.39 is 0 Å². The molecule has 0 heterocycles. The fraction of sp³-hybridized carbons (Fsp3) is 0.923. The van der Waals surface area contributed by atoms with Crippen molar-refractivity contribution in [1.29, 1.82) is 0 Å². The highest BCUT2D eigenvalue weighted by Crippen LogP contribution is 2.19. The van der Waals surface area contributed by atoms with Crippen LogP contribution in [0.25, 0.3) is 0 Å². The second-order valence-electron chi connectivity index (χ2n) is 4.66. The number of hydrogen-bond acceptors (Lipinski definition) is 1. The summed E-state index contributed by atoms with van der Waals surface area (Å²) in [6.07, 6.45) is 6.71. The minimum absolute atomic E-state index is 0.462. The van der Waals surface area contributed by atoms with E-state index in [2.05, 4.69) is 27.7 Å². The molecule has 1 aliphatic carbocycles. The number of hydrogen-bond donors (Lipinski definition) is 0.